The van der Waals surface area contributed by atoms with Crippen molar-refractivity contribution in [1.82, 2.24) is 5.32 Å². The molecule has 1 amide bonds. The quantitative estimate of drug-likeness (QED) is 0.639. The van der Waals surface area contributed by atoms with E-state index in [1.54, 1.807) is 37.3 Å². The molecule has 0 saturated heterocycles. The molecule has 0 fully saturated rings. The van der Waals surface area contributed by atoms with Crippen LogP contribution in [0.15, 0.2) is 54.6 Å². The second kappa shape index (κ2) is 9.01. The molecule has 142 valence electrons. The number of amides is 1. The van der Waals surface area contributed by atoms with E-state index in [-0.39, 0.29) is 11.9 Å². The third kappa shape index (κ3) is 4.86. The average molecular weight is 374 g/mol. The van der Waals surface area contributed by atoms with Crippen LogP contribution in [0.5, 0.6) is 0 Å². The first kappa shape index (κ1) is 19.4. The van der Waals surface area contributed by atoms with Crippen molar-refractivity contribution in [2.24, 2.45) is 0 Å². The highest BCUT2D eigenvalue weighted by Crippen LogP contribution is 2.29. The number of benzene rings is 2. The molecule has 28 heavy (non-hydrogen) atoms. The van der Waals surface area contributed by atoms with E-state index in [4.69, 9.17) is 10.00 Å². The van der Waals surface area contributed by atoms with Crippen LogP contribution >= 0.6 is 0 Å². The molecule has 1 N–H and O–H groups in total. The minimum absolute atomic E-state index is 0.0483. The van der Waals surface area contributed by atoms with Crippen LogP contribution in [0.3, 0.4) is 0 Å². The number of hydrogen-bond acceptors (Lipinski definition) is 4. The molecule has 0 saturated carbocycles. The highest BCUT2D eigenvalue weighted by Gasteiger charge is 2.24. The molecule has 2 aromatic carbocycles. The van der Waals surface area contributed by atoms with Crippen LogP contribution in [-0.2, 0) is 20.7 Å². The Morgan fingerprint density at radius 2 is 1.96 bits per heavy atom. The standard InChI is InChI=1S/C23H22N2O3/c1-16(28-22(26)14-13-17-9-11-18(15-24)12-10-17)23(27)25-21-8-4-6-19-5-2-3-7-20(19)21/h2-3,5,7,9-14,16,21H,4,6,8H2,1H3,(H,25,27)/b14-13+/t16-,21-/m0/s1. The van der Waals surface area contributed by atoms with Crippen LogP contribution in [0, 0.1) is 11.3 Å². The summed E-state index contributed by atoms with van der Waals surface area (Å²) in [5.74, 6) is -0.891. The van der Waals surface area contributed by atoms with E-state index < -0.39 is 12.1 Å². The number of hydrogen-bond donors (Lipinski definition) is 1. The number of nitrogens with one attached hydrogen (secondary N) is 1. The second-order valence-electron chi connectivity index (χ2n) is 6.80. The van der Waals surface area contributed by atoms with Crippen molar-refractivity contribution >= 4 is 18.0 Å². The third-order valence-corrected chi connectivity index (χ3v) is 4.80. The summed E-state index contributed by atoms with van der Waals surface area (Å²) in [6.45, 7) is 1.57. The molecule has 0 aliphatic heterocycles. The molecule has 1 aliphatic rings. The second-order valence-corrected chi connectivity index (χ2v) is 6.80. The topological polar surface area (TPSA) is 79.2 Å². The Hall–Kier alpha value is -3.39. The van der Waals surface area contributed by atoms with E-state index in [2.05, 4.69) is 11.4 Å². The van der Waals surface area contributed by atoms with Crippen LogP contribution in [0.4, 0.5) is 0 Å². The van der Waals surface area contributed by atoms with Gasteiger partial charge in [-0.1, -0.05) is 36.4 Å². The van der Waals surface area contributed by atoms with Crippen molar-refractivity contribution in [3.8, 4) is 6.07 Å². The number of carbonyl (C=O) groups excluding carboxylic acids is 2. The van der Waals surface area contributed by atoms with E-state index in [1.807, 2.05) is 24.3 Å². The number of fused-ring (bicyclic) bond motifs is 1. The van der Waals surface area contributed by atoms with Gasteiger partial charge in [0.2, 0.25) is 0 Å². The highest BCUT2D eigenvalue weighted by molar-refractivity contribution is 5.90. The average Bonchev–Trinajstić information content (AvgIpc) is 2.73. The molecule has 2 atom stereocenters. The number of carbonyl (C=O) groups is 2. The normalized spacial score (nSPS) is 16.6. The van der Waals surface area contributed by atoms with E-state index in [9.17, 15) is 9.59 Å². The third-order valence-electron chi connectivity index (χ3n) is 4.80. The van der Waals surface area contributed by atoms with Gasteiger partial charge in [-0.05, 0) is 61.1 Å². The number of aryl methyl sites for hydroxylation is 1. The Balaban J connectivity index is 1.54. The fourth-order valence-corrected chi connectivity index (χ4v) is 3.29. The number of nitrogens with zero attached hydrogens (tertiary/aromatic N) is 1. The predicted molar refractivity (Wildman–Crippen MR) is 106 cm³/mol. The summed E-state index contributed by atoms with van der Waals surface area (Å²) in [6, 6.07) is 16.9. The smallest absolute Gasteiger partial charge is 0.331 e. The van der Waals surface area contributed by atoms with Crippen molar-refractivity contribution in [1.29, 1.82) is 5.26 Å². The van der Waals surface area contributed by atoms with Crippen LogP contribution in [-0.4, -0.2) is 18.0 Å². The van der Waals surface area contributed by atoms with Gasteiger partial charge >= 0.3 is 5.97 Å². The SMILES string of the molecule is C[C@H](OC(=O)/C=C/c1ccc(C#N)cc1)C(=O)N[C@H]1CCCc2ccccc21. The minimum atomic E-state index is -0.882. The highest BCUT2D eigenvalue weighted by atomic mass is 16.5. The van der Waals surface area contributed by atoms with Crippen LogP contribution in [0.1, 0.15) is 48.1 Å². The Morgan fingerprint density at radius 1 is 1.21 bits per heavy atom. The first-order chi connectivity index (χ1) is 13.6. The Kier molecular flexibility index (Phi) is 6.23. The summed E-state index contributed by atoms with van der Waals surface area (Å²) < 4.78 is 5.22. The van der Waals surface area contributed by atoms with Crippen LogP contribution in [0.2, 0.25) is 0 Å². The lowest BCUT2D eigenvalue weighted by molar-refractivity contribution is -0.150. The zero-order valence-corrected chi connectivity index (χ0v) is 15.7. The molecular weight excluding hydrogens is 352 g/mol. The van der Waals surface area contributed by atoms with Gasteiger partial charge in [-0.3, -0.25) is 4.79 Å². The van der Waals surface area contributed by atoms with Gasteiger partial charge in [0, 0.05) is 6.08 Å². The molecule has 0 aromatic heterocycles. The number of esters is 1. The van der Waals surface area contributed by atoms with Gasteiger partial charge in [-0.25, -0.2) is 4.79 Å². The maximum atomic E-state index is 12.5. The predicted octanol–water partition coefficient (Wildman–Crippen LogP) is 3.70. The van der Waals surface area contributed by atoms with Gasteiger partial charge in [0.1, 0.15) is 0 Å². The number of nitriles is 1. The molecule has 1 aliphatic carbocycles. The Bertz CT molecular complexity index is 926. The molecule has 5 nitrogen and oxygen atoms in total. The molecule has 3 rings (SSSR count). The molecule has 0 radical (unpaired) electrons. The largest absolute Gasteiger partial charge is 0.449 e. The zero-order chi connectivity index (χ0) is 19.9. The number of ether oxygens (including phenoxy) is 1. The Morgan fingerprint density at radius 3 is 2.71 bits per heavy atom. The van der Waals surface area contributed by atoms with E-state index in [1.165, 1.54) is 11.6 Å². The molecule has 0 spiro atoms. The summed E-state index contributed by atoms with van der Waals surface area (Å²) in [6.07, 6.45) is 4.90. The lowest BCUT2D eigenvalue weighted by Crippen LogP contribution is -2.39. The molecule has 0 bridgehead atoms. The molecule has 5 heteroatoms. The molecular formula is C23H22N2O3. The van der Waals surface area contributed by atoms with Gasteiger partial charge in [-0.15, -0.1) is 0 Å². The lowest BCUT2D eigenvalue weighted by atomic mass is 9.87. The monoisotopic (exact) mass is 374 g/mol. The van der Waals surface area contributed by atoms with Crippen molar-refractivity contribution < 1.29 is 14.3 Å². The van der Waals surface area contributed by atoms with E-state index in [0.717, 1.165) is 30.4 Å². The van der Waals surface area contributed by atoms with Gasteiger partial charge in [-0.2, -0.15) is 5.26 Å². The van der Waals surface area contributed by atoms with Crippen molar-refractivity contribution in [3.63, 3.8) is 0 Å². The molecule has 0 heterocycles. The summed E-state index contributed by atoms with van der Waals surface area (Å²) in [4.78, 5) is 24.5. The zero-order valence-electron chi connectivity index (χ0n) is 15.7. The first-order valence-electron chi connectivity index (χ1n) is 9.34. The van der Waals surface area contributed by atoms with Crippen LogP contribution < -0.4 is 5.32 Å². The summed E-state index contributed by atoms with van der Waals surface area (Å²) in [5, 5.41) is 11.8. The summed E-state index contributed by atoms with van der Waals surface area (Å²) in [5.41, 5.74) is 3.72. The maximum absolute atomic E-state index is 12.5. The summed E-state index contributed by atoms with van der Waals surface area (Å²) in [7, 11) is 0. The Labute approximate surface area is 164 Å². The van der Waals surface area contributed by atoms with Gasteiger partial charge in [0.15, 0.2) is 6.10 Å². The van der Waals surface area contributed by atoms with E-state index in [0.29, 0.717) is 5.56 Å². The van der Waals surface area contributed by atoms with Crippen LogP contribution in [0.25, 0.3) is 6.08 Å². The maximum Gasteiger partial charge on any atom is 0.331 e. The minimum Gasteiger partial charge on any atom is -0.449 e. The lowest BCUT2D eigenvalue weighted by Gasteiger charge is -2.27. The fraction of sp³-hybridized carbons (Fsp3) is 0.261. The van der Waals surface area contributed by atoms with Gasteiger partial charge in [0.05, 0.1) is 17.7 Å². The number of rotatable bonds is 5. The van der Waals surface area contributed by atoms with Gasteiger partial charge < -0.3 is 10.1 Å². The first-order valence-corrected chi connectivity index (χ1v) is 9.34. The molecule has 2 aromatic rings. The van der Waals surface area contributed by atoms with Gasteiger partial charge in [0.25, 0.3) is 5.91 Å². The van der Waals surface area contributed by atoms with Crippen molar-refractivity contribution in [2.45, 2.75) is 38.3 Å². The van der Waals surface area contributed by atoms with Crippen molar-refractivity contribution in [3.05, 3.63) is 76.9 Å². The summed E-state index contributed by atoms with van der Waals surface area (Å²) >= 11 is 0. The molecule has 0 unspecified atom stereocenters. The van der Waals surface area contributed by atoms with E-state index >= 15 is 0 Å². The fourth-order valence-electron chi connectivity index (χ4n) is 3.29. The van der Waals surface area contributed by atoms with Crippen molar-refractivity contribution in [2.75, 3.05) is 0 Å².